The van der Waals surface area contributed by atoms with E-state index in [0.29, 0.717) is 34.3 Å². The van der Waals surface area contributed by atoms with Gasteiger partial charge in [-0.2, -0.15) is 13.2 Å². The van der Waals surface area contributed by atoms with E-state index in [2.05, 4.69) is 5.32 Å². The number of nitrogens with one attached hydrogen (secondary N) is 1. The van der Waals surface area contributed by atoms with Crippen molar-refractivity contribution in [3.8, 4) is 5.75 Å². The summed E-state index contributed by atoms with van der Waals surface area (Å²) in [5.41, 5.74) is 5.77. The molecule has 3 amide bonds. The van der Waals surface area contributed by atoms with Crippen LogP contribution in [0.3, 0.4) is 0 Å². The van der Waals surface area contributed by atoms with Gasteiger partial charge in [0.1, 0.15) is 17.6 Å². The monoisotopic (exact) mass is 651 g/mol. The van der Waals surface area contributed by atoms with E-state index in [1.165, 1.54) is 6.07 Å². The highest BCUT2D eigenvalue weighted by Crippen LogP contribution is 2.45. The van der Waals surface area contributed by atoms with Crippen LogP contribution in [0.25, 0.3) is 0 Å². The van der Waals surface area contributed by atoms with Crippen LogP contribution in [0.4, 0.5) is 22.8 Å². The number of amides is 3. The van der Waals surface area contributed by atoms with Crippen molar-refractivity contribution in [3.63, 3.8) is 0 Å². The molecule has 9 nitrogen and oxygen atoms in total. The maximum atomic E-state index is 13.3. The Morgan fingerprint density at radius 2 is 1.68 bits per heavy atom. The largest absolute Gasteiger partial charge is 0.493 e. The number of benzene rings is 3. The molecule has 3 aromatic rings. The van der Waals surface area contributed by atoms with Gasteiger partial charge in [0, 0.05) is 36.2 Å². The van der Waals surface area contributed by atoms with Crippen LogP contribution in [0, 0.1) is 0 Å². The molecule has 234 valence electrons. The van der Waals surface area contributed by atoms with Crippen LogP contribution in [-0.4, -0.2) is 65.7 Å². The number of hydrogen-bond donors (Lipinski definition) is 3. The number of rotatable bonds is 7. The summed E-state index contributed by atoms with van der Waals surface area (Å²) in [7, 11) is 0. The van der Waals surface area contributed by atoms with Crippen molar-refractivity contribution in [2.75, 3.05) is 32.8 Å². The minimum absolute atomic E-state index is 0.0143. The molecule has 0 radical (unpaired) electrons. The van der Waals surface area contributed by atoms with Crippen molar-refractivity contribution in [3.05, 3.63) is 99.0 Å². The number of alkyl halides is 3. The van der Waals surface area contributed by atoms with Gasteiger partial charge in [-0.25, -0.2) is 9.59 Å². The number of urea groups is 1. The first-order valence-electron chi connectivity index (χ1n) is 13.6. The Bertz CT molecular complexity index is 1500. The average Bonchev–Trinajstić information content (AvgIpc) is 3.58. The predicted molar refractivity (Wildman–Crippen MR) is 161 cm³/mol. The number of carbonyl (C=O) groups excluding carboxylic acids is 1. The molecule has 2 atom stereocenters. The molecule has 2 heterocycles. The van der Waals surface area contributed by atoms with Crippen LogP contribution in [-0.2, 0) is 6.18 Å². The van der Waals surface area contributed by atoms with Gasteiger partial charge >= 0.3 is 18.3 Å². The third kappa shape index (κ3) is 7.55. The van der Waals surface area contributed by atoms with E-state index in [9.17, 15) is 27.9 Å². The third-order valence-electron chi connectivity index (χ3n) is 6.89. The normalized spacial score (nSPS) is 18.0. The summed E-state index contributed by atoms with van der Waals surface area (Å²) < 4.78 is 45.5. The highest BCUT2D eigenvalue weighted by atomic mass is 35.5. The second kappa shape index (κ2) is 14.2. The maximum absolute atomic E-state index is 13.3. The first kappa shape index (κ1) is 32.9. The van der Waals surface area contributed by atoms with E-state index in [1.54, 1.807) is 60.4 Å². The van der Waals surface area contributed by atoms with Crippen molar-refractivity contribution in [2.24, 2.45) is 10.7 Å². The molecule has 0 saturated carbocycles. The van der Waals surface area contributed by atoms with Gasteiger partial charge in [0.25, 0.3) is 0 Å². The van der Waals surface area contributed by atoms with Gasteiger partial charge < -0.3 is 25.8 Å². The quantitative estimate of drug-likeness (QED) is 0.266. The molecule has 2 aliphatic rings. The number of aliphatic imine (C=N–C) groups is 1. The molecule has 0 aromatic heterocycles. The molecule has 4 N–H and O–H groups in total. The Labute approximate surface area is 262 Å². The van der Waals surface area contributed by atoms with E-state index in [1.807, 2.05) is 0 Å². The molecular weight excluding hydrogens is 622 g/mol. The van der Waals surface area contributed by atoms with Crippen LogP contribution >= 0.6 is 23.2 Å². The zero-order valence-electron chi connectivity index (χ0n) is 23.5. The molecule has 14 heteroatoms. The standard InChI is InChI=1S/C25H19Cl2F3N2O3.C5H11N3O/c1-2-35-20-13-16(25(28,29)30)7-12-19(20)23-31-21(14-3-8-17(26)9-4-14)22(32(23)24(33)34)15-5-10-18(27)11-6-15;6-1-3-8-4-2-7-5(8)9/h3-13,21-22H,2H2,1H3,(H,33,34);1-4,6H2,(H,7,9). The van der Waals surface area contributed by atoms with Crippen LogP contribution in [0.1, 0.15) is 41.3 Å². The van der Waals surface area contributed by atoms with Crippen molar-refractivity contribution < 1.29 is 32.6 Å². The van der Waals surface area contributed by atoms with Crippen molar-refractivity contribution in [1.82, 2.24) is 15.1 Å². The fourth-order valence-electron chi connectivity index (χ4n) is 4.89. The van der Waals surface area contributed by atoms with Gasteiger partial charge in [-0.3, -0.25) is 9.89 Å². The second-order valence-electron chi connectivity index (χ2n) is 9.75. The Hall–Kier alpha value is -4.00. The molecule has 1 saturated heterocycles. The lowest BCUT2D eigenvalue weighted by Gasteiger charge is -2.27. The molecule has 44 heavy (non-hydrogen) atoms. The van der Waals surface area contributed by atoms with Gasteiger partial charge in [-0.1, -0.05) is 47.5 Å². The van der Waals surface area contributed by atoms with Gasteiger partial charge in [0.15, 0.2) is 0 Å². The fourth-order valence-corrected chi connectivity index (χ4v) is 5.15. The van der Waals surface area contributed by atoms with Crippen molar-refractivity contribution in [2.45, 2.75) is 25.2 Å². The molecule has 2 aliphatic heterocycles. The van der Waals surface area contributed by atoms with E-state index in [-0.39, 0.29) is 29.8 Å². The van der Waals surface area contributed by atoms with Crippen LogP contribution < -0.4 is 15.8 Å². The lowest BCUT2D eigenvalue weighted by atomic mass is 9.94. The number of hydrogen-bond acceptors (Lipinski definition) is 5. The predicted octanol–water partition coefficient (Wildman–Crippen LogP) is 6.60. The first-order valence-corrected chi connectivity index (χ1v) is 14.4. The molecular formula is C30H30Cl2F3N5O4. The van der Waals surface area contributed by atoms with Gasteiger partial charge in [-0.15, -0.1) is 0 Å². The van der Waals surface area contributed by atoms with Crippen LogP contribution in [0.2, 0.25) is 10.0 Å². The molecule has 2 unspecified atom stereocenters. The van der Waals surface area contributed by atoms with E-state index < -0.39 is 29.9 Å². The Morgan fingerprint density at radius 3 is 2.18 bits per heavy atom. The van der Waals surface area contributed by atoms with Crippen LogP contribution in [0.15, 0.2) is 71.7 Å². The summed E-state index contributed by atoms with van der Waals surface area (Å²) in [6.07, 6.45) is -5.91. The Morgan fingerprint density at radius 1 is 1.07 bits per heavy atom. The zero-order valence-corrected chi connectivity index (χ0v) is 25.0. The zero-order chi connectivity index (χ0) is 32.0. The summed E-state index contributed by atoms with van der Waals surface area (Å²) in [5, 5.41) is 13.9. The van der Waals surface area contributed by atoms with Crippen molar-refractivity contribution in [1.29, 1.82) is 0 Å². The summed E-state index contributed by atoms with van der Waals surface area (Å²) >= 11 is 12.1. The molecule has 3 aromatic carbocycles. The minimum Gasteiger partial charge on any atom is -0.493 e. The summed E-state index contributed by atoms with van der Waals surface area (Å²) in [6.45, 7) is 4.49. The smallest absolute Gasteiger partial charge is 0.416 e. The Kier molecular flexibility index (Phi) is 10.6. The van der Waals surface area contributed by atoms with Crippen molar-refractivity contribution >= 4 is 41.2 Å². The Balaban J connectivity index is 0.000000421. The first-order chi connectivity index (χ1) is 20.9. The van der Waals surface area contributed by atoms with E-state index in [0.717, 1.165) is 30.1 Å². The SMILES string of the molecule is CCOc1cc(C(F)(F)F)ccc1C1=NC(c2ccc(Cl)cc2)C(c2ccc(Cl)cc2)N1C(=O)O.NCCN1CCNC1=O. The van der Waals surface area contributed by atoms with Gasteiger partial charge in [-0.05, 0) is 60.5 Å². The highest BCUT2D eigenvalue weighted by Gasteiger charge is 2.43. The number of nitrogens with zero attached hydrogens (tertiary/aromatic N) is 3. The topological polar surface area (TPSA) is 120 Å². The van der Waals surface area contributed by atoms with E-state index in [4.69, 9.17) is 38.7 Å². The summed E-state index contributed by atoms with van der Waals surface area (Å²) in [6, 6.07) is 14.9. The summed E-state index contributed by atoms with van der Waals surface area (Å²) in [5.74, 6) is -0.131. The number of ether oxygens (including phenoxy) is 1. The average molecular weight is 653 g/mol. The van der Waals surface area contributed by atoms with Gasteiger partial charge in [0.2, 0.25) is 0 Å². The number of nitrogens with two attached hydrogens (primary N) is 1. The highest BCUT2D eigenvalue weighted by molar-refractivity contribution is 6.30. The molecule has 0 aliphatic carbocycles. The van der Waals surface area contributed by atoms with Crippen LogP contribution in [0.5, 0.6) is 5.75 Å². The lowest BCUT2D eigenvalue weighted by molar-refractivity contribution is -0.137. The number of carboxylic acid groups (broad SMARTS) is 1. The summed E-state index contributed by atoms with van der Waals surface area (Å²) in [4.78, 5) is 30.7. The minimum atomic E-state index is -4.59. The number of halogens is 5. The second-order valence-corrected chi connectivity index (χ2v) is 10.6. The fraction of sp³-hybridized carbons (Fsp3) is 0.300. The van der Waals surface area contributed by atoms with Gasteiger partial charge in [0.05, 0.1) is 23.8 Å². The molecule has 0 spiro atoms. The number of carbonyl (C=O) groups is 2. The number of amidine groups is 1. The lowest BCUT2D eigenvalue weighted by Crippen LogP contribution is -2.37. The molecule has 1 fully saturated rings. The van der Waals surface area contributed by atoms with E-state index >= 15 is 0 Å². The molecule has 5 rings (SSSR count). The molecule has 0 bridgehead atoms. The maximum Gasteiger partial charge on any atom is 0.416 e. The third-order valence-corrected chi connectivity index (χ3v) is 7.39.